The third-order valence-electron chi connectivity index (χ3n) is 1.19. The maximum atomic E-state index is 10.8. The summed E-state index contributed by atoms with van der Waals surface area (Å²) in [6, 6.07) is 1.36. The highest BCUT2D eigenvalue weighted by Gasteiger charge is 2.06. The first-order chi connectivity index (χ1) is 6.51. The van der Waals surface area contributed by atoms with Gasteiger partial charge in [-0.3, -0.25) is 0 Å². The van der Waals surface area contributed by atoms with Crippen molar-refractivity contribution in [3.05, 3.63) is 18.1 Å². The molecule has 1 aromatic rings. The first-order valence-electron chi connectivity index (χ1n) is 3.71. The maximum Gasteiger partial charge on any atom is 0.307 e. The van der Waals surface area contributed by atoms with Crippen LogP contribution in [0.3, 0.4) is 0 Å². The molecule has 0 bridgehead atoms. The Morgan fingerprint density at radius 1 is 1.50 bits per heavy atom. The van der Waals surface area contributed by atoms with Gasteiger partial charge in [-0.2, -0.15) is 13.4 Å². The molecule has 0 radical (unpaired) electrons. The number of hydrogen-bond donors (Lipinski definition) is 0. The highest BCUT2D eigenvalue weighted by Crippen LogP contribution is 2.07. The van der Waals surface area contributed by atoms with Gasteiger partial charge in [-0.25, -0.2) is 4.98 Å². The summed E-state index contributed by atoms with van der Waals surface area (Å²) in [5, 5.41) is 0. The average molecular weight is 218 g/mol. The first kappa shape index (κ1) is 10.9. The van der Waals surface area contributed by atoms with Crippen molar-refractivity contribution in [3.8, 4) is 5.88 Å². The maximum absolute atomic E-state index is 10.8. The molecular weight excluding hydrogens is 208 g/mol. The second-order valence-corrected chi connectivity index (χ2v) is 4.11. The minimum atomic E-state index is -3.54. The molecule has 0 aliphatic carbocycles. The van der Waals surface area contributed by atoms with Gasteiger partial charge in [-0.05, 0) is 0 Å². The summed E-state index contributed by atoms with van der Waals surface area (Å²) in [5.41, 5.74) is 0. The van der Waals surface area contributed by atoms with Crippen molar-refractivity contribution in [2.75, 3.05) is 13.4 Å². The second kappa shape index (κ2) is 4.34. The Morgan fingerprint density at radius 3 is 2.79 bits per heavy atom. The zero-order valence-corrected chi connectivity index (χ0v) is 8.61. The molecule has 0 aliphatic heterocycles. The van der Waals surface area contributed by atoms with Crippen molar-refractivity contribution in [3.63, 3.8) is 0 Å². The van der Waals surface area contributed by atoms with Crippen LogP contribution in [0.15, 0.2) is 12.3 Å². The summed E-state index contributed by atoms with van der Waals surface area (Å²) in [5.74, 6) is 0.364. The largest absolute Gasteiger partial charge is 0.377 e. The fourth-order valence-corrected chi connectivity index (χ4v) is 1.18. The van der Waals surface area contributed by atoms with E-state index in [9.17, 15) is 8.42 Å². The van der Waals surface area contributed by atoms with E-state index in [0.29, 0.717) is 5.82 Å². The van der Waals surface area contributed by atoms with Gasteiger partial charge in [0.1, 0.15) is 6.61 Å². The molecule has 1 heterocycles. The van der Waals surface area contributed by atoms with Crippen LogP contribution in [-0.4, -0.2) is 31.8 Å². The molecule has 14 heavy (non-hydrogen) atoms. The molecule has 0 spiro atoms. The Balaban J connectivity index is 2.83. The summed E-state index contributed by atoms with van der Waals surface area (Å²) < 4.78 is 30.8. The van der Waals surface area contributed by atoms with Crippen LogP contribution in [0.25, 0.3) is 0 Å². The standard InChI is InChI=1S/C7H10N2O4S/c1-12-5-6-8-4-3-7(9-6)13-14(2,10)11/h3-4H,5H2,1-2H3. The Hall–Kier alpha value is -1.21. The average Bonchev–Trinajstić information content (AvgIpc) is 2.02. The normalized spacial score (nSPS) is 11.3. The molecule has 0 unspecified atom stereocenters. The monoisotopic (exact) mass is 218 g/mol. The highest BCUT2D eigenvalue weighted by atomic mass is 32.2. The van der Waals surface area contributed by atoms with Crippen molar-refractivity contribution in [1.82, 2.24) is 9.97 Å². The van der Waals surface area contributed by atoms with Crippen LogP contribution < -0.4 is 4.18 Å². The van der Waals surface area contributed by atoms with Crippen molar-refractivity contribution in [1.29, 1.82) is 0 Å². The Kier molecular flexibility index (Phi) is 3.37. The third-order valence-corrected chi connectivity index (χ3v) is 1.66. The van der Waals surface area contributed by atoms with Gasteiger partial charge in [0.05, 0.1) is 6.26 Å². The lowest BCUT2D eigenvalue weighted by atomic mass is 10.5. The van der Waals surface area contributed by atoms with Gasteiger partial charge in [0, 0.05) is 19.4 Å². The van der Waals surface area contributed by atoms with Crippen LogP contribution >= 0.6 is 0 Å². The molecule has 0 atom stereocenters. The van der Waals surface area contributed by atoms with Crippen LogP contribution in [0.4, 0.5) is 0 Å². The van der Waals surface area contributed by atoms with Crippen LogP contribution in [0, 0.1) is 0 Å². The van der Waals surface area contributed by atoms with Crippen molar-refractivity contribution >= 4 is 10.1 Å². The van der Waals surface area contributed by atoms with E-state index in [1.807, 2.05) is 0 Å². The first-order valence-corrected chi connectivity index (χ1v) is 5.53. The molecule has 0 amide bonds. The summed E-state index contributed by atoms with van der Waals surface area (Å²) in [6.45, 7) is 0.209. The number of rotatable bonds is 4. The molecular formula is C7H10N2O4S. The van der Waals surface area contributed by atoms with Crippen molar-refractivity contribution in [2.45, 2.75) is 6.61 Å². The minimum Gasteiger partial charge on any atom is -0.377 e. The predicted octanol–water partition coefficient (Wildman–Crippen LogP) is -0.0386. The lowest BCUT2D eigenvalue weighted by Gasteiger charge is -2.02. The molecule has 1 rings (SSSR count). The Morgan fingerprint density at radius 2 is 2.21 bits per heavy atom. The van der Waals surface area contributed by atoms with Gasteiger partial charge in [0.2, 0.25) is 5.88 Å². The van der Waals surface area contributed by atoms with E-state index in [0.717, 1.165) is 6.26 Å². The fraction of sp³-hybridized carbons (Fsp3) is 0.429. The van der Waals surface area contributed by atoms with Crippen LogP contribution in [0.1, 0.15) is 5.82 Å². The van der Waals surface area contributed by atoms with Gasteiger partial charge in [0.25, 0.3) is 0 Å². The van der Waals surface area contributed by atoms with E-state index in [1.165, 1.54) is 19.4 Å². The van der Waals surface area contributed by atoms with E-state index < -0.39 is 10.1 Å². The van der Waals surface area contributed by atoms with Crippen LogP contribution in [0.5, 0.6) is 5.88 Å². The number of ether oxygens (including phenoxy) is 1. The molecule has 0 fully saturated rings. The van der Waals surface area contributed by atoms with Gasteiger partial charge in [-0.1, -0.05) is 0 Å². The topological polar surface area (TPSA) is 78.4 Å². The molecule has 78 valence electrons. The summed E-state index contributed by atoms with van der Waals surface area (Å²) in [4.78, 5) is 7.66. The number of nitrogens with zero attached hydrogens (tertiary/aromatic N) is 2. The number of hydrogen-bond acceptors (Lipinski definition) is 6. The molecule has 6 nitrogen and oxygen atoms in total. The van der Waals surface area contributed by atoms with Crippen molar-refractivity contribution < 1.29 is 17.3 Å². The SMILES string of the molecule is COCc1nccc(OS(C)(=O)=O)n1. The van der Waals surface area contributed by atoms with E-state index in [1.54, 1.807) is 0 Å². The van der Waals surface area contributed by atoms with E-state index in [4.69, 9.17) is 4.74 Å². The Labute approximate surface area is 82.0 Å². The Bertz CT molecular complexity index is 404. The number of methoxy groups -OCH3 is 1. The fourth-order valence-electron chi connectivity index (χ4n) is 0.781. The summed E-state index contributed by atoms with van der Waals surface area (Å²) in [6.07, 6.45) is 2.35. The number of aromatic nitrogens is 2. The van der Waals surface area contributed by atoms with E-state index in [-0.39, 0.29) is 12.5 Å². The van der Waals surface area contributed by atoms with E-state index >= 15 is 0 Å². The quantitative estimate of drug-likeness (QED) is 0.660. The molecule has 0 aliphatic rings. The summed E-state index contributed by atoms with van der Waals surface area (Å²) in [7, 11) is -2.05. The van der Waals surface area contributed by atoms with E-state index in [2.05, 4.69) is 14.2 Å². The zero-order chi connectivity index (χ0) is 10.6. The van der Waals surface area contributed by atoms with Gasteiger partial charge in [0.15, 0.2) is 5.82 Å². The molecule has 0 saturated heterocycles. The van der Waals surface area contributed by atoms with Gasteiger partial charge >= 0.3 is 10.1 Å². The molecule has 1 aromatic heterocycles. The lowest BCUT2D eigenvalue weighted by Crippen LogP contribution is -2.08. The predicted molar refractivity (Wildman–Crippen MR) is 48.2 cm³/mol. The van der Waals surface area contributed by atoms with Crippen LogP contribution in [-0.2, 0) is 21.5 Å². The van der Waals surface area contributed by atoms with Gasteiger partial charge in [-0.15, -0.1) is 0 Å². The summed E-state index contributed by atoms with van der Waals surface area (Å²) >= 11 is 0. The second-order valence-electron chi connectivity index (χ2n) is 2.53. The molecule has 0 saturated carbocycles. The zero-order valence-electron chi connectivity index (χ0n) is 7.80. The lowest BCUT2D eigenvalue weighted by molar-refractivity contribution is 0.177. The smallest absolute Gasteiger partial charge is 0.307 e. The molecule has 0 N–H and O–H groups in total. The molecule has 0 aromatic carbocycles. The molecule has 7 heteroatoms. The minimum absolute atomic E-state index is 0.00505. The van der Waals surface area contributed by atoms with Crippen LogP contribution in [0.2, 0.25) is 0 Å². The highest BCUT2D eigenvalue weighted by molar-refractivity contribution is 7.86. The van der Waals surface area contributed by atoms with Crippen molar-refractivity contribution in [2.24, 2.45) is 0 Å². The van der Waals surface area contributed by atoms with Gasteiger partial charge < -0.3 is 8.92 Å². The third kappa shape index (κ3) is 3.67.